The Morgan fingerprint density at radius 2 is 1.76 bits per heavy atom. The number of hydrogen-bond donors (Lipinski definition) is 1. The summed E-state index contributed by atoms with van der Waals surface area (Å²) in [6, 6.07) is 7.41. The van der Waals surface area contributed by atoms with Gasteiger partial charge in [0, 0.05) is 23.8 Å². The Morgan fingerprint density at radius 1 is 1.18 bits per heavy atom. The lowest BCUT2D eigenvalue weighted by atomic mass is 9.95. The van der Waals surface area contributed by atoms with E-state index >= 15 is 0 Å². The van der Waals surface area contributed by atoms with Gasteiger partial charge in [-0.25, -0.2) is 0 Å². The van der Waals surface area contributed by atoms with Crippen LogP contribution in [0.25, 0.3) is 0 Å². The number of benzene rings is 1. The van der Waals surface area contributed by atoms with E-state index in [2.05, 4.69) is 63.2 Å². The van der Waals surface area contributed by atoms with Gasteiger partial charge < -0.3 is 10.2 Å². The van der Waals surface area contributed by atoms with E-state index in [0.717, 1.165) is 6.54 Å². The first kappa shape index (κ1) is 12.4. The Labute approximate surface area is 105 Å². The summed E-state index contributed by atoms with van der Waals surface area (Å²) in [6.45, 7) is 10.2. The number of aryl methyl sites for hydroxylation is 2. The summed E-state index contributed by atoms with van der Waals surface area (Å²) in [5.41, 5.74) is 4.26. The molecule has 0 bridgehead atoms. The van der Waals surface area contributed by atoms with Gasteiger partial charge in [0.25, 0.3) is 0 Å². The number of likely N-dealkylation sites (N-methyl/N-ethyl adjacent to an activating group) is 1. The summed E-state index contributed by atoms with van der Waals surface area (Å²) < 4.78 is 0. The average molecular weight is 232 g/mol. The van der Waals surface area contributed by atoms with Crippen LogP contribution in [-0.2, 0) is 0 Å². The van der Waals surface area contributed by atoms with Crippen LogP contribution in [0.5, 0.6) is 0 Å². The van der Waals surface area contributed by atoms with Crippen molar-refractivity contribution in [2.24, 2.45) is 0 Å². The molecule has 0 amide bonds. The van der Waals surface area contributed by atoms with Crippen molar-refractivity contribution in [2.45, 2.75) is 45.7 Å². The Balaban J connectivity index is 2.34. The molecule has 2 nitrogen and oxygen atoms in total. The van der Waals surface area contributed by atoms with Crippen molar-refractivity contribution < 1.29 is 0 Å². The van der Waals surface area contributed by atoms with Gasteiger partial charge in [0.15, 0.2) is 0 Å². The van der Waals surface area contributed by atoms with Gasteiger partial charge in [-0.2, -0.15) is 0 Å². The van der Waals surface area contributed by atoms with E-state index in [0.29, 0.717) is 6.04 Å². The zero-order chi connectivity index (χ0) is 12.6. The van der Waals surface area contributed by atoms with Gasteiger partial charge in [-0.3, -0.25) is 0 Å². The van der Waals surface area contributed by atoms with Crippen molar-refractivity contribution >= 4 is 5.69 Å². The van der Waals surface area contributed by atoms with Crippen molar-refractivity contribution in [3.8, 4) is 0 Å². The lowest BCUT2D eigenvalue weighted by Crippen LogP contribution is -2.50. The van der Waals surface area contributed by atoms with Crippen LogP contribution in [0.15, 0.2) is 18.2 Å². The first-order valence-corrected chi connectivity index (χ1v) is 6.48. The van der Waals surface area contributed by atoms with E-state index < -0.39 is 0 Å². The van der Waals surface area contributed by atoms with Crippen molar-refractivity contribution in [3.63, 3.8) is 0 Å². The van der Waals surface area contributed by atoms with Gasteiger partial charge in [-0.1, -0.05) is 6.07 Å². The second-order valence-electron chi connectivity index (χ2n) is 5.78. The van der Waals surface area contributed by atoms with Crippen LogP contribution in [0.4, 0.5) is 5.69 Å². The van der Waals surface area contributed by atoms with E-state index in [-0.39, 0.29) is 5.54 Å². The van der Waals surface area contributed by atoms with Crippen LogP contribution in [-0.4, -0.2) is 25.2 Å². The molecule has 1 heterocycles. The normalized spacial score (nSPS) is 23.1. The Kier molecular flexibility index (Phi) is 3.17. The maximum absolute atomic E-state index is 3.44. The molecule has 1 aromatic carbocycles. The van der Waals surface area contributed by atoms with E-state index in [9.17, 15) is 0 Å². The maximum atomic E-state index is 3.44. The van der Waals surface area contributed by atoms with Crippen molar-refractivity contribution in [2.75, 3.05) is 18.5 Å². The molecular weight excluding hydrogens is 208 g/mol. The lowest BCUT2D eigenvalue weighted by Gasteiger charge is -2.38. The van der Waals surface area contributed by atoms with Gasteiger partial charge in [-0.05, 0) is 64.4 Å². The summed E-state index contributed by atoms with van der Waals surface area (Å²) in [5, 5.41) is 3.44. The molecule has 17 heavy (non-hydrogen) atoms. The second-order valence-corrected chi connectivity index (χ2v) is 5.78. The molecule has 1 aliphatic rings. The van der Waals surface area contributed by atoms with Gasteiger partial charge >= 0.3 is 0 Å². The van der Waals surface area contributed by atoms with E-state index in [1.54, 1.807) is 0 Å². The minimum absolute atomic E-state index is 0.189. The summed E-state index contributed by atoms with van der Waals surface area (Å²) in [5.74, 6) is 0. The van der Waals surface area contributed by atoms with Crippen LogP contribution in [0.3, 0.4) is 0 Å². The molecule has 2 rings (SSSR count). The molecule has 1 aromatic rings. The van der Waals surface area contributed by atoms with E-state index in [1.807, 2.05) is 0 Å². The Morgan fingerprint density at radius 3 is 2.24 bits per heavy atom. The summed E-state index contributed by atoms with van der Waals surface area (Å²) >= 11 is 0. The molecule has 2 heteroatoms. The SMILES string of the molecule is CNC1CCN(c2cc(C)cc(C)c2)C1(C)C. The number of anilines is 1. The van der Waals surface area contributed by atoms with Gasteiger partial charge in [0.1, 0.15) is 0 Å². The zero-order valence-electron chi connectivity index (χ0n) is 11.7. The molecule has 0 aliphatic carbocycles. The first-order valence-electron chi connectivity index (χ1n) is 6.48. The van der Waals surface area contributed by atoms with Gasteiger partial charge in [0.2, 0.25) is 0 Å². The fraction of sp³-hybridized carbons (Fsp3) is 0.600. The summed E-state index contributed by atoms with van der Waals surface area (Å²) in [7, 11) is 2.07. The number of rotatable bonds is 2. The predicted molar refractivity (Wildman–Crippen MR) is 74.8 cm³/mol. The maximum Gasteiger partial charge on any atom is 0.0499 e. The molecule has 1 atom stereocenters. The highest BCUT2D eigenvalue weighted by Crippen LogP contribution is 2.34. The second kappa shape index (κ2) is 4.34. The standard InChI is InChI=1S/C15H24N2/c1-11-8-12(2)10-13(9-11)17-7-6-14(16-5)15(17,3)4/h8-10,14,16H,6-7H2,1-5H3. The first-order chi connectivity index (χ1) is 7.95. The van der Waals surface area contributed by atoms with Gasteiger partial charge in [0.05, 0.1) is 0 Å². The molecule has 1 aliphatic heterocycles. The summed E-state index contributed by atoms with van der Waals surface area (Å²) in [4.78, 5) is 2.54. The average Bonchev–Trinajstić information content (AvgIpc) is 2.51. The zero-order valence-corrected chi connectivity index (χ0v) is 11.7. The number of nitrogens with zero attached hydrogens (tertiary/aromatic N) is 1. The van der Waals surface area contributed by atoms with Crippen LogP contribution in [0, 0.1) is 13.8 Å². The van der Waals surface area contributed by atoms with Crippen molar-refractivity contribution in [3.05, 3.63) is 29.3 Å². The fourth-order valence-electron chi connectivity index (χ4n) is 3.15. The third kappa shape index (κ3) is 2.19. The molecule has 0 spiro atoms. The Bertz CT molecular complexity index is 389. The quantitative estimate of drug-likeness (QED) is 0.843. The van der Waals surface area contributed by atoms with Crippen molar-refractivity contribution in [1.29, 1.82) is 0 Å². The third-order valence-corrected chi connectivity index (χ3v) is 4.06. The highest BCUT2D eigenvalue weighted by atomic mass is 15.3. The minimum Gasteiger partial charge on any atom is -0.365 e. The van der Waals surface area contributed by atoms with E-state index in [1.165, 1.54) is 23.2 Å². The highest BCUT2D eigenvalue weighted by Gasteiger charge is 2.40. The topological polar surface area (TPSA) is 15.3 Å². The van der Waals surface area contributed by atoms with Crippen LogP contribution in [0.1, 0.15) is 31.4 Å². The molecule has 1 fully saturated rings. The fourth-order valence-corrected chi connectivity index (χ4v) is 3.15. The predicted octanol–water partition coefficient (Wildman–Crippen LogP) is 2.88. The van der Waals surface area contributed by atoms with Crippen LogP contribution in [0.2, 0.25) is 0 Å². The van der Waals surface area contributed by atoms with Crippen molar-refractivity contribution in [1.82, 2.24) is 5.32 Å². The van der Waals surface area contributed by atoms with Crippen LogP contribution < -0.4 is 10.2 Å². The molecule has 1 N–H and O–H groups in total. The van der Waals surface area contributed by atoms with Gasteiger partial charge in [-0.15, -0.1) is 0 Å². The molecule has 0 radical (unpaired) electrons. The number of hydrogen-bond acceptors (Lipinski definition) is 2. The molecule has 0 saturated carbocycles. The largest absolute Gasteiger partial charge is 0.365 e. The molecule has 94 valence electrons. The molecule has 1 unspecified atom stereocenters. The van der Waals surface area contributed by atoms with Crippen LogP contribution >= 0.6 is 0 Å². The highest BCUT2D eigenvalue weighted by molar-refractivity contribution is 5.54. The summed E-state index contributed by atoms with van der Waals surface area (Å²) in [6.07, 6.45) is 1.22. The van der Waals surface area contributed by atoms with E-state index in [4.69, 9.17) is 0 Å². The molecule has 0 aromatic heterocycles. The molecular formula is C15H24N2. The number of nitrogens with one attached hydrogen (secondary N) is 1. The monoisotopic (exact) mass is 232 g/mol. The lowest BCUT2D eigenvalue weighted by molar-refractivity contribution is 0.403. The smallest absolute Gasteiger partial charge is 0.0499 e. The third-order valence-electron chi connectivity index (χ3n) is 4.06. The molecule has 1 saturated heterocycles. The minimum atomic E-state index is 0.189. The Hall–Kier alpha value is -1.02.